The lowest BCUT2D eigenvalue weighted by Gasteiger charge is -2.27. The van der Waals surface area contributed by atoms with Crippen LogP contribution in [0.1, 0.15) is 53.3 Å². The molecular formula is C32H32Cl2F2N2O10S. The summed E-state index contributed by atoms with van der Waals surface area (Å²) in [4.78, 5) is 28.8. The third-order valence-corrected chi connectivity index (χ3v) is 9.00. The molecule has 1 amide bonds. The fraction of sp³-hybridized carbons (Fsp3) is 0.406. The molecule has 2 atom stereocenters. The molecule has 1 aliphatic heterocycles. The van der Waals surface area contributed by atoms with Crippen LogP contribution in [-0.4, -0.2) is 64.4 Å². The molecule has 2 fully saturated rings. The van der Waals surface area contributed by atoms with Gasteiger partial charge in [0.2, 0.25) is 0 Å². The number of alkyl halides is 2. The van der Waals surface area contributed by atoms with E-state index in [1.807, 2.05) is 0 Å². The van der Waals surface area contributed by atoms with E-state index in [1.165, 1.54) is 48.4 Å². The van der Waals surface area contributed by atoms with E-state index in [-0.39, 0.29) is 76.1 Å². The number of hydrogen-bond acceptors (Lipinski definition) is 10. The van der Waals surface area contributed by atoms with Gasteiger partial charge in [0, 0.05) is 24.1 Å². The van der Waals surface area contributed by atoms with Gasteiger partial charge in [-0.15, -0.1) is 0 Å². The number of halogens is 4. The molecule has 0 bridgehead atoms. The van der Waals surface area contributed by atoms with Crippen molar-refractivity contribution in [2.24, 2.45) is 5.92 Å². The van der Waals surface area contributed by atoms with Crippen LogP contribution in [0.3, 0.4) is 0 Å². The SMILES string of the molecule is COc1ccc(C(=O)N2CCCC2C(=O)OC(Cc2c(Cl)c[n+]([O-])cc2Cl)c2ccc(OC(F)F)c(OCC3CC3)c2)cc1OS(C)(=O)=O. The Morgan fingerprint density at radius 3 is 2.35 bits per heavy atom. The normalized spacial score (nSPS) is 16.7. The summed E-state index contributed by atoms with van der Waals surface area (Å²) in [7, 11) is -2.65. The van der Waals surface area contributed by atoms with Crippen LogP contribution >= 0.6 is 23.2 Å². The second-order valence-electron chi connectivity index (χ2n) is 11.6. The molecule has 12 nitrogen and oxygen atoms in total. The molecule has 1 saturated carbocycles. The smallest absolute Gasteiger partial charge is 0.387 e. The van der Waals surface area contributed by atoms with Gasteiger partial charge in [-0.2, -0.15) is 21.9 Å². The summed E-state index contributed by atoms with van der Waals surface area (Å²) in [5, 5.41) is 11.9. The zero-order chi connectivity index (χ0) is 35.5. The molecule has 17 heteroatoms. The van der Waals surface area contributed by atoms with Crippen molar-refractivity contribution in [2.45, 2.75) is 50.9 Å². The Kier molecular flexibility index (Phi) is 11.2. The largest absolute Gasteiger partial charge is 0.619 e. The molecule has 2 aliphatic rings. The number of hydrogen-bond donors (Lipinski definition) is 0. The number of ether oxygens (including phenoxy) is 4. The maximum atomic E-state index is 13.8. The van der Waals surface area contributed by atoms with Crippen molar-refractivity contribution >= 4 is 45.2 Å². The molecule has 0 spiro atoms. The fourth-order valence-corrected chi connectivity index (χ4v) is 6.39. The number of nitrogens with zero attached hydrogens (tertiary/aromatic N) is 2. The van der Waals surface area contributed by atoms with Gasteiger partial charge >= 0.3 is 22.7 Å². The molecule has 1 aliphatic carbocycles. The lowest BCUT2D eigenvalue weighted by Crippen LogP contribution is -2.42. The minimum atomic E-state index is -3.96. The van der Waals surface area contributed by atoms with E-state index in [0.717, 1.165) is 31.5 Å². The number of rotatable bonds is 14. The molecule has 1 aromatic heterocycles. The van der Waals surface area contributed by atoms with E-state index in [4.69, 9.17) is 41.6 Å². The van der Waals surface area contributed by atoms with Crippen molar-refractivity contribution in [3.63, 3.8) is 0 Å². The number of pyridine rings is 1. The predicted molar refractivity (Wildman–Crippen MR) is 172 cm³/mol. The Labute approximate surface area is 291 Å². The third kappa shape index (κ3) is 9.34. The predicted octanol–water partition coefficient (Wildman–Crippen LogP) is 5.50. The summed E-state index contributed by atoms with van der Waals surface area (Å²) in [6.07, 6.45) is 4.33. The second-order valence-corrected chi connectivity index (χ2v) is 14.0. The summed E-state index contributed by atoms with van der Waals surface area (Å²) < 4.78 is 77.1. The molecule has 2 unspecified atom stereocenters. The number of carbonyl (C=O) groups excluding carboxylic acids is 2. The molecule has 5 rings (SSSR count). The highest BCUT2D eigenvalue weighted by atomic mass is 35.5. The van der Waals surface area contributed by atoms with Crippen molar-refractivity contribution in [3.8, 4) is 23.0 Å². The van der Waals surface area contributed by atoms with E-state index >= 15 is 0 Å². The number of methoxy groups -OCH3 is 1. The van der Waals surface area contributed by atoms with E-state index in [1.54, 1.807) is 0 Å². The number of likely N-dealkylation sites (tertiary alicyclic amines) is 1. The minimum Gasteiger partial charge on any atom is -0.619 e. The molecule has 49 heavy (non-hydrogen) atoms. The van der Waals surface area contributed by atoms with Crippen molar-refractivity contribution in [2.75, 3.05) is 26.5 Å². The average molecular weight is 746 g/mol. The van der Waals surface area contributed by atoms with Crippen LogP contribution in [0.2, 0.25) is 10.0 Å². The summed E-state index contributed by atoms with van der Waals surface area (Å²) in [5.74, 6) is -1.42. The van der Waals surface area contributed by atoms with Gasteiger partial charge in [-0.05, 0) is 67.5 Å². The van der Waals surface area contributed by atoms with Gasteiger partial charge in [0.25, 0.3) is 5.91 Å². The Bertz CT molecular complexity index is 1800. The van der Waals surface area contributed by atoms with Crippen LogP contribution in [0.15, 0.2) is 48.8 Å². The quantitative estimate of drug-likeness (QED) is 0.0899. The van der Waals surface area contributed by atoms with Gasteiger partial charge in [-0.1, -0.05) is 29.3 Å². The van der Waals surface area contributed by atoms with Gasteiger partial charge in [0.1, 0.15) is 22.2 Å². The lowest BCUT2D eigenvalue weighted by molar-refractivity contribution is -0.605. The zero-order valence-electron chi connectivity index (χ0n) is 26.3. The van der Waals surface area contributed by atoms with Gasteiger partial charge in [-0.25, -0.2) is 4.79 Å². The van der Waals surface area contributed by atoms with Gasteiger partial charge in [0.15, 0.2) is 35.4 Å². The second kappa shape index (κ2) is 15.2. The monoisotopic (exact) mass is 744 g/mol. The van der Waals surface area contributed by atoms with E-state index in [0.29, 0.717) is 16.7 Å². The van der Waals surface area contributed by atoms with Crippen LogP contribution in [0.4, 0.5) is 8.78 Å². The maximum absolute atomic E-state index is 13.8. The van der Waals surface area contributed by atoms with Crippen molar-refractivity contribution in [3.05, 3.63) is 80.7 Å². The number of benzene rings is 2. The first-order chi connectivity index (χ1) is 23.2. The molecule has 0 N–H and O–H groups in total. The molecular weight excluding hydrogens is 713 g/mol. The Balaban J connectivity index is 1.45. The first kappa shape index (κ1) is 36.2. The minimum absolute atomic E-state index is 0.00398. The molecule has 2 aromatic carbocycles. The van der Waals surface area contributed by atoms with E-state index < -0.39 is 40.8 Å². The Hall–Kier alpha value is -4.08. The van der Waals surface area contributed by atoms with Crippen LogP contribution in [0.25, 0.3) is 0 Å². The molecule has 1 saturated heterocycles. The van der Waals surface area contributed by atoms with Crippen LogP contribution in [0, 0.1) is 11.1 Å². The number of aromatic nitrogens is 1. The summed E-state index contributed by atoms with van der Waals surface area (Å²) in [6.45, 7) is -2.65. The van der Waals surface area contributed by atoms with Crippen LogP contribution in [-0.2, 0) is 26.1 Å². The van der Waals surface area contributed by atoms with Crippen molar-refractivity contribution < 1.29 is 54.6 Å². The van der Waals surface area contributed by atoms with Gasteiger partial charge in [0.05, 0.1) is 20.0 Å². The summed E-state index contributed by atoms with van der Waals surface area (Å²) in [5.41, 5.74) is 0.634. The average Bonchev–Trinajstić information content (AvgIpc) is 3.73. The van der Waals surface area contributed by atoms with Crippen molar-refractivity contribution in [1.29, 1.82) is 0 Å². The van der Waals surface area contributed by atoms with E-state index in [2.05, 4.69) is 4.74 Å². The number of carbonyl (C=O) groups is 2. The summed E-state index contributed by atoms with van der Waals surface area (Å²) >= 11 is 12.7. The third-order valence-electron chi connectivity index (χ3n) is 7.87. The first-order valence-corrected chi connectivity index (χ1v) is 17.7. The van der Waals surface area contributed by atoms with Gasteiger partial charge < -0.3 is 33.2 Å². The van der Waals surface area contributed by atoms with Crippen LogP contribution in [0.5, 0.6) is 23.0 Å². The highest BCUT2D eigenvalue weighted by molar-refractivity contribution is 7.86. The highest BCUT2D eigenvalue weighted by Crippen LogP contribution is 2.38. The standard InChI is InChI=1S/C32H32Cl2F2N2O10S/c1-44-25-9-8-20(13-29(25)48-49(2,42)43)30(39)38-11-3-4-24(38)31(40)46-27(14-21-22(33)15-37(41)16-23(21)34)19-7-10-26(47-32(35)36)28(12-19)45-17-18-5-6-18/h7-10,12-13,15-16,18,24,27,32H,3-6,11,14,17H2,1-2H3. The molecule has 3 aromatic rings. The Morgan fingerprint density at radius 2 is 1.71 bits per heavy atom. The maximum Gasteiger partial charge on any atom is 0.387 e. The van der Waals surface area contributed by atoms with E-state index in [9.17, 15) is 32.0 Å². The first-order valence-electron chi connectivity index (χ1n) is 15.1. The Morgan fingerprint density at radius 1 is 1.02 bits per heavy atom. The number of amides is 1. The number of esters is 1. The molecule has 2 heterocycles. The summed E-state index contributed by atoms with van der Waals surface area (Å²) in [6, 6.07) is 7.07. The highest BCUT2D eigenvalue weighted by Gasteiger charge is 2.38. The van der Waals surface area contributed by atoms with Gasteiger partial charge in [-0.3, -0.25) is 4.79 Å². The van der Waals surface area contributed by atoms with Crippen molar-refractivity contribution in [1.82, 2.24) is 4.90 Å². The molecule has 264 valence electrons. The lowest BCUT2D eigenvalue weighted by atomic mass is 10.0. The molecule has 0 radical (unpaired) electrons. The topological polar surface area (TPSA) is 145 Å². The fourth-order valence-electron chi connectivity index (χ4n) is 5.34. The van der Waals surface area contributed by atoms with Crippen LogP contribution < -0.4 is 23.1 Å². The zero-order valence-corrected chi connectivity index (χ0v) is 28.6.